The summed E-state index contributed by atoms with van der Waals surface area (Å²) < 4.78 is 5.03. The number of hydrogen-bond donors (Lipinski definition) is 0. The summed E-state index contributed by atoms with van der Waals surface area (Å²) in [6.07, 6.45) is 2.38. The van der Waals surface area contributed by atoms with Crippen LogP contribution in [0, 0.1) is 0 Å². The van der Waals surface area contributed by atoms with Crippen LogP contribution in [0.5, 0.6) is 0 Å². The molecule has 0 N–H and O–H groups in total. The monoisotopic (exact) mass is 668 g/mol. The van der Waals surface area contributed by atoms with Crippen LogP contribution in [-0.4, -0.2) is 9.13 Å². The standard InChI is InChI=1S/C50H40N2/c1-49(2)24-25-50(3,4)43-29-45-40(28-42(43)49)39-27-41-47(51(34-14-6-5-7-15-34)44-23-20-32-13-9-11-17-38(32)48(41)44)30-46(39)52(45)35-21-22-37-33(26-35)19-18-31-12-8-10-16-36(31)37/h5-23,26-30H,24-25H2,1-4H3. The Bertz CT molecular complexity index is 3110. The summed E-state index contributed by atoms with van der Waals surface area (Å²) in [5, 5.41) is 13.0. The molecule has 11 rings (SSSR count). The summed E-state index contributed by atoms with van der Waals surface area (Å²) in [6.45, 7) is 9.76. The van der Waals surface area contributed by atoms with Crippen molar-refractivity contribution in [3.63, 3.8) is 0 Å². The summed E-state index contributed by atoms with van der Waals surface area (Å²) in [5.41, 5.74) is 10.6. The molecule has 1 aliphatic carbocycles. The van der Waals surface area contributed by atoms with Crippen LogP contribution in [0.2, 0.25) is 0 Å². The molecule has 0 aliphatic heterocycles. The summed E-state index contributed by atoms with van der Waals surface area (Å²) in [7, 11) is 0. The number of fused-ring (bicyclic) bond motifs is 12. The van der Waals surface area contributed by atoms with Gasteiger partial charge in [-0.2, -0.15) is 0 Å². The lowest BCUT2D eigenvalue weighted by Gasteiger charge is -2.42. The SMILES string of the molecule is CC1(C)CCC(C)(C)c2cc3c(cc21)c1cc2c4c5ccccc5ccc4n(-c4ccccc4)c2cc1n3-c1ccc2c(ccc3ccccc32)c1. The lowest BCUT2D eigenvalue weighted by molar-refractivity contribution is 0.332. The van der Waals surface area contributed by atoms with Crippen molar-refractivity contribution >= 4 is 75.9 Å². The van der Waals surface area contributed by atoms with Crippen LogP contribution in [-0.2, 0) is 10.8 Å². The van der Waals surface area contributed by atoms with Crippen LogP contribution in [0.1, 0.15) is 51.7 Å². The number of para-hydroxylation sites is 1. The van der Waals surface area contributed by atoms with Gasteiger partial charge in [-0.25, -0.2) is 0 Å². The van der Waals surface area contributed by atoms with Crippen LogP contribution in [0.15, 0.2) is 146 Å². The van der Waals surface area contributed by atoms with E-state index >= 15 is 0 Å². The minimum absolute atomic E-state index is 0.104. The Kier molecular flexibility index (Phi) is 5.94. The van der Waals surface area contributed by atoms with E-state index < -0.39 is 0 Å². The molecule has 8 aromatic carbocycles. The number of aromatic nitrogens is 2. The first kappa shape index (κ1) is 29.8. The van der Waals surface area contributed by atoms with Gasteiger partial charge >= 0.3 is 0 Å². The molecule has 0 spiro atoms. The van der Waals surface area contributed by atoms with Gasteiger partial charge in [0.05, 0.1) is 22.1 Å². The Hall–Kier alpha value is -5.86. The zero-order chi connectivity index (χ0) is 34.9. The molecule has 1 aliphatic rings. The molecule has 2 nitrogen and oxygen atoms in total. The lowest BCUT2D eigenvalue weighted by Crippen LogP contribution is -2.33. The smallest absolute Gasteiger partial charge is 0.0562 e. The molecule has 250 valence electrons. The second kappa shape index (κ2) is 10.4. The Morgan fingerprint density at radius 2 is 0.923 bits per heavy atom. The maximum atomic E-state index is 2.57. The third-order valence-corrected chi connectivity index (χ3v) is 12.5. The van der Waals surface area contributed by atoms with Crippen LogP contribution >= 0.6 is 0 Å². The predicted molar refractivity (Wildman–Crippen MR) is 223 cm³/mol. The van der Waals surface area contributed by atoms with Gasteiger partial charge in [0.1, 0.15) is 0 Å². The van der Waals surface area contributed by atoms with E-state index in [-0.39, 0.29) is 10.8 Å². The van der Waals surface area contributed by atoms with E-state index in [1.807, 2.05) is 0 Å². The molecular formula is C50H40N2. The lowest BCUT2D eigenvalue weighted by atomic mass is 9.63. The van der Waals surface area contributed by atoms with E-state index in [1.165, 1.54) is 111 Å². The second-order valence-corrected chi connectivity index (χ2v) is 16.4. The third kappa shape index (κ3) is 4.07. The number of rotatable bonds is 2. The van der Waals surface area contributed by atoms with Crippen molar-refractivity contribution in [2.24, 2.45) is 0 Å². The topological polar surface area (TPSA) is 9.86 Å². The molecule has 0 fully saturated rings. The highest BCUT2D eigenvalue weighted by molar-refractivity contribution is 6.25. The predicted octanol–water partition coefficient (Wildman–Crippen LogP) is 13.7. The van der Waals surface area contributed by atoms with E-state index in [9.17, 15) is 0 Å². The van der Waals surface area contributed by atoms with Crippen molar-refractivity contribution in [2.45, 2.75) is 51.4 Å². The average Bonchev–Trinajstić information content (AvgIpc) is 3.67. The van der Waals surface area contributed by atoms with E-state index in [2.05, 4.69) is 182 Å². The molecular weight excluding hydrogens is 629 g/mol. The van der Waals surface area contributed by atoms with Gasteiger partial charge in [-0.3, -0.25) is 0 Å². The van der Waals surface area contributed by atoms with Gasteiger partial charge in [-0.05, 0) is 122 Å². The normalized spacial score (nSPS) is 15.5. The number of nitrogens with zero attached hydrogens (tertiary/aromatic N) is 2. The van der Waals surface area contributed by atoms with Crippen molar-refractivity contribution in [3.05, 3.63) is 157 Å². The zero-order valence-electron chi connectivity index (χ0n) is 30.2. The first-order valence-corrected chi connectivity index (χ1v) is 18.7. The van der Waals surface area contributed by atoms with Gasteiger partial charge in [0.25, 0.3) is 0 Å². The molecule has 0 bridgehead atoms. The summed E-state index contributed by atoms with van der Waals surface area (Å²) in [5.74, 6) is 0. The molecule has 0 radical (unpaired) electrons. The minimum atomic E-state index is 0.104. The maximum absolute atomic E-state index is 2.57. The van der Waals surface area contributed by atoms with Gasteiger partial charge in [-0.1, -0.05) is 119 Å². The Morgan fingerprint density at radius 3 is 1.71 bits per heavy atom. The minimum Gasteiger partial charge on any atom is -0.309 e. The van der Waals surface area contributed by atoms with E-state index in [0.717, 1.165) is 0 Å². The Balaban J connectivity index is 1.33. The van der Waals surface area contributed by atoms with Gasteiger partial charge in [0.2, 0.25) is 0 Å². The quantitative estimate of drug-likeness (QED) is 0.162. The second-order valence-electron chi connectivity index (χ2n) is 16.4. The highest BCUT2D eigenvalue weighted by Gasteiger charge is 2.38. The molecule has 10 aromatic rings. The van der Waals surface area contributed by atoms with E-state index in [1.54, 1.807) is 0 Å². The molecule has 0 amide bonds. The first-order chi connectivity index (χ1) is 25.3. The van der Waals surface area contributed by atoms with Crippen molar-refractivity contribution in [3.8, 4) is 11.4 Å². The highest BCUT2D eigenvalue weighted by Crippen LogP contribution is 2.49. The fourth-order valence-corrected chi connectivity index (χ4v) is 9.63. The zero-order valence-corrected chi connectivity index (χ0v) is 30.2. The van der Waals surface area contributed by atoms with Crippen LogP contribution < -0.4 is 0 Å². The van der Waals surface area contributed by atoms with Crippen molar-refractivity contribution in [1.82, 2.24) is 9.13 Å². The van der Waals surface area contributed by atoms with Gasteiger partial charge in [0, 0.05) is 32.9 Å². The Labute approximate surface area is 303 Å². The van der Waals surface area contributed by atoms with Crippen molar-refractivity contribution in [2.75, 3.05) is 0 Å². The Morgan fingerprint density at radius 1 is 0.365 bits per heavy atom. The molecule has 0 saturated heterocycles. The van der Waals surface area contributed by atoms with E-state index in [0.29, 0.717) is 0 Å². The van der Waals surface area contributed by atoms with Gasteiger partial charge in [0.15, 0.2) is 0 Å². The molecule has 2 heteroatoms. The molecule has 2 aromatic heterocycles. The fourth-order valence-electron chi connectivity index (χ4n) is 9.63. The maximum Gasteiger partial charge on any atom is 0.0562 e. The van der Waals surface area contributed by atoms with Gasteiger partial charge in [-0.15, -0.1) is 0 Å². The number of benzene rings is 8. The van der Waals surface area contributed by atoms with Crippen molar-refractivity contribution < 1.29 is 0 Å². The summed E-state index contributed by atoms with van der Waals surface area (Å²) >= 11 is 0. The molecule has 52 heavy (non-hydrogen) atoms. The summed E-state index contributed by atoms with van der Waals surface area (Å²) in [6, 6.07) is 54.8. The largest absolute Gasteiger partial charge is 0.309 e. The first-order valence-electron chi connectivity index (χ1n) is 18.7. The summed E-state index contributed by atoms with van der Waals surface area (Å²) in [4.78, 5) is 0. The molecule has 0 atom stereocenters. The molecule has 0 saturated carbocycles. The van der Waals surface area contributed by atoms with Crippen molar-refractivity contribution in [1.29, 1.82) is 0 Å². The fraction of sp³-hybridized carbons (Fsp3) is 0.160. The number of hydrogen-bond acceptors (Lipinski definition) is 0. The average molecular weight is 669 g/mol. The van der Waals surface area contributed by atoms with Gasteiger partial charge < -0.3 is 9.13 Å². The molecule has 2 heterocycles. The highest BCUT2D eigenvalue weighted by atomic mass is 15.0. The van der Waals surface area contributed by atoms with Crippen LogP contribution in [0.4, 0.5) is 0 Å². The third-order valence-electron chi connectivity index (χ3n) is 12.5. The molecule has 0 unspecified atom stereocenters. The van der Waals surface area contributed by atoms with Crippen LogP contribution in [0.3, 0.4) is 0 Å². The van der Waals surface area contributed by atoms with Crippen LogP contribution in [0.25, 0.3) is 87.3 Å². The van der Waals surface area contributed by atoms with E-state index in [4.69, 9.17) is 0 Å².